The summed E-state index contributed by atoms with van der Waals surface area (Å²) in [5.41, 5.74) is 1.09. The minimum absolute atomic E-state index is 0.0318. The van der Waals surface area contributed by atoms with Gasteiger partial charge in [-0.2, -0.15) is 0 Å². The number of aromatic nitrogens is 2. The van der Waals surface area contributed by atoms with Crippen molar-refractivity contribution in [3.8, 4) is 0 Å². The second-order valence-electron chi connectivity index (χ2n) is 7.12. The first kappa shape index (κ1) is 19.4. The molecule has 0 spiro atoms. The van der Waals surface area contributed by atoms with Gasteiger partial charge in [0.05, 0.1) is 10.9 Å². The molecule has 1 saturated heterocycles. The first-order chi connectivity index (χ1) is 14.0. The van der Waals surface area contributed by atoms with Crippen molar-refractivity contribution in [2.24, 2.45) is 0 Å². The van der Waals surface area contributed by atoms with Gasteiger partial charge in [-0.15, -0.1) is 0 Å². The van der Waals surface area contributed by atoms with Gasteiger partial charge in [0.25, 0.3) is 11.5 Å². The summed E-state index contributed by atoms with van der Waals surface area (Å²) in [5.74, 6) is -0.214. The minimum atomic E-state index is -0.469. The zero-order valence-corrected chi connectivity index (χ0v) is 17.5. The molecule has 0 aliphatic carbocycles. The predicted octanol–water partition coefficient (Wildman–Crippen LogP) is 2.48. The zero-order valence-electron chi connectivity index (χ0n) is 15.9. The Kier molecular flexibility index (Phi) is 5.27. The van der Waals surface area contributed by atoms with Crippen molar-refractivity contribution in [3.05, 3.63) is 73.3 Å². The number of anilines is 1. The fourth-order valence-corrected chi connectivity index (χ4v) is 4.12. The van der Waals surface area contributed by atoms with E-state index in [9.17, 15) is 14.4 Å². The second kappa shape index (κ2) is 7.87. The number of rotatable bonds is 4. The molecule has 1 fully saturated rings. The van der Waals surface area contributed by atoms with Gasteiger partial charge in [0, 0.05) is 41.4 Å². The Labute approximate surface area is 175 Å². The molecule has 1 atom stereocenters. The smallest absolute Gasteiger partial charge is 0.328 e. The van der Waals surface area contributed by atoms with Gasteiger partial charge in [-0.1, -0.05) is 22.0 Å². The number of benzene rings is 2. The maximum atomic E-state index is 12.7. The summed E-state index contributed by atoms with van der Waals surface area (Å²) in [7, 11) is 0. The van der Waals surface area contributed by atoms with Crippen molar-refractivity contribution in [3.63, 3.8) is 0 Å². The highest BCUT2D eigenvalue weighted by Crippen LogP contribution is 2.24. The van der Waals surface area contributed by atoms with Crippen LogP contribution in [0.2, 0.25) is 0 Å². The van der Waals surface area contributed by atoms with Crippen LogP contribution in [0.5, 0.6) is 0 Å². The quantitative estimate of drug-likeness (QED) is 0.631. The lowest BCUT2D eigenvalue weighted by molar-refractivity contribution is 0.0940. The number of aromatic amines is 1. The number of hydrogen-bond acceptors (Lipinski definition) is 4. The van der Waals surface area contributed by atoms with E-state index in [1.165, 1.54) is 0 Å². The topological polar surface area (TPSA) is 87.2 Å². The SMILES string of the molecule is CCn1c(=O)[nH]c2cc(C(=O)NC3CCN(c4cccc(Br)c4)C3)ccc2c1=O. The molecule has 0 bridgehead atoms. The lowest BCUT2D eigenvalue weighted by atomic mass is 10.1. The van der Waals surface area contributed by atoms with Gasteiger partial charge in [0.1, 0.15) is 0 Å². The first-order valence-corrected chi connectivity index (χ1v) is 10.3. The Bertz CT molecular complexity index is 1200. The van der Waals surface area contributed by atoms with Crippen LogP contribution >= 0.6 is 15.9 Å². The van der Waals surface area contributed by atoms with Crippen LogP contribution < -0.4 is 21.5 Å². The van der Waals surface area contributed by atoms with Gasteiger partial charge in [0.2, 0.25) is 0 Å². The summed E-state index contributed by atoms with van der Waals surface area (Å²) in [6.07, 6.45) is 0.851. The van der Waals surface area contributed by atoms with Crippen molar-refractivity contribution in [1.29, 1.82) is 0 Å². The number of carbonyl (C=O) groups excluding carboxylic acids is 1. The van der Waals surface area contributed by atoms with Crippen LogP contribution in [0.1, 0.15) is 23.7 Å². The number of carbonyl (C=O) groups is 1. The summed E-state index contributed by atoms with van der Waals surface area (Å²) in [6, 6.07) is 12.9. The summed E-state index contributed by atoms with van der Waals surface area (Å²) in [5, 5.41) is 3.45. The number of halogens is 1. The van der Waals surface area contributed by atoms with Gasteiger partial charge < -0.3 is 15.2 Å². The van der Waals surface area contributed by atoms with Crippen molar-refractivity contribution < 1.29 is 4.79 Å². The van der Waals surface area contributed by atoms with E-state index in [2.05, 4.69) is 43.3 Å². The molecule has 0 saturated carbocycles. The van der Waals surface area contributed by atoms with E-state index in [0.717, 1.165) is 34.2 Å². The fraction of sp³-hybridized carbons (Fsp3) is 0.286. The third-order valence-electron chi connectivity index (χ3n) is 5.26. The van der Waals surface area contributed by atoms with Crippen molar-refractivity contribution in [1.82, 2.24) is 14.9 Å². The van der Waals surface area contributed by atoms with Crippen molar-refractivity contribution >= 4 is 38.4 Å². The molecule has 7 nitrogen and oxygen atoms in total. The molecule has 3 aromatic rings. The molecule has 1 aromatic heterocycles. The van der Waals surface area contributed by atoms with Gasteiger partial charge in [-0.25, -0.2) is 4.79 Å². The number of fused-ring (bicyclic) bond motifs is 1. The Morgan fingerprint density at radius 2 is 2.07 bits per heavy atom. The van der Waals surface area contributed by atoms with Crippen LogP contribution in [0.25, 0.3) is 10.9 Å². The van der Waals surface area contributed by atoms with E-state index in [0.29, 0.717) is 23.0 Å². The number of hydrogen-bond donors (Lipinski definition) is 2. The molecule has 8 heteroatoms. The lowest BCUT2D eigenvalue weighted by Gasteiger charge is -2.19. The highest BCUT2D eigenvalue weighted by Gasteiger charge is 2.24. The summed E-state index contributed by atoms with van der Waals surface area (Å²) >= 11 is 3.49. The van der Waals surface area contributed by atoms with Gasteiger partial charge in [0.15, 0.2) is 0 Å². The van der Waals surface area contributed by atoms with E-state index >= 15 is 0 Å². The molecule has 1 aliphatic heterocycles. The molecule has 1 amide bonds. The van der Waals surface area contributed by atoms with Crippen LogP contribution in [0.4, 0.5) is 5.69 Å². The number of H-pyrrole nitrogens is 1. The van der Waals surface area contributed by atoms with E-state index in [1.807, 2.05) is 12.1 Å². The molecule has 4 rings (SSSR count). The molecule has 1 unspecified atom stereocenters. The second-order valence-corrected chi connectivity index (χ2v) is 8.04. The maximum absolute atomic E-state index is 12.7. The average Bonchev–Trinajstić information content (AvgIpc) is 3.16. The molecule has 2 N–H and O–H groups in total. The van der Waals surface area contributed by atoms with Gasteiger partial charge in [-0.3, -0.25) is 14.2 Å². The maximum Gasteiger partial charge on any atom is 0.328 e. The minimum Gasteiger partial charge on any atom is -0.369 e. The zero-order chi connectivity index (χ0) is 20.5. The molecule has 29 heavy (non-hydrogen) atoms. The molecule has 0 radical (unpaired) electrons. The van der Waals surface area contributed by atoms with E-state index in [1.54, 1.807) is 25.1 Å². The van der Waals surface area contributed by atoms with Crippen LogP contribution in [-0.4, -0.2) is 34.6 Å². The Hall–Kier alpha value is -2.87. The van der Waals surface area contributed by atoms with Crippen LogP contribution in [-0.2, 0) is 6.54 Å². The summed E-state index contributed by atoms with van der Waals surface area (Å²) in [6.45, 7) is 3.63. The van der Waals surface area contributed by atoms with E-state index in [-0.39, 0.29) is 17.5 Å². The number of nitrogens with one attached hydrogen (secondary N) is 2. The Morgan fingerprint density at radius 3 is 2.83 bits per heavy atom. The Morgan fingerprint density at radius 1 is 1.24 bits per heavy atom. The van der Waals surface area contributed by atoms with Gasteiger partial charge in [-0.05, 0) is 49.7 Å². The Balaban J connectivity index is 1.51. The molecule has 1 aliphatic rings. The molecular formula is C21H21BrN4O3. The normalized spacial score (nSPS) is 16.3. The molecule has 2 aromatic carbocycles. The molecular weight excluding hydrogens is 436 g/mol. The summed E-state index contributed by atoms with van der Waals surface area (Å²) < 4.78 is 2.16. The summed E-state index contributed by atoms with van der Waals surface area (Å²) in [4.78, 5) is 42.1. The largest absolute Gasteiger partial charge is 0.369 e. The van der Waals surface area contributed by atoms with Crippen LogP contribution in [0, 0.1) is 0 Å². The third kappa shape index (κ3) is 3.85. The van der Waals surface area contributed by atoms with E-state index in [4.69, 9.17) is 0 Å². The average molecular weight is 457 g/mol. The standard InChI is InChI=1S/C21H21BrN4O3/c1-2-26-20(28)17-7-6-13(10-18(17)24-21(26)29)19(27)23-15-8-9-25(12-15)16-5-3-4-14(22)11-16/h3-7,10-11,15H,2,8-9,12H2,1H3,(H,23,27)(H,24,29). The molecule has 2 heterocycles. The highest BCUT2D eigenvalue weighted by molar-refractivity contribution is 9.10. The van der Waals surface area contributed by atoms with Gasteiger partial charge >= 0.3 is 5.69 Å². The van der Waals surface area contributed by atoms with Crippen LogP contribution in [0.15, 0.2) is 56.5 Å². The number of nitrogens with zero attached hydrogens (tertiary/aromatic N) is 2. The third-order valence-corrected chi connectivity index (χ3v) is 5.75. The number of amides is 1. The first-order valence-electron chi connectivity index (χ1n) is 9.54. The van der Waals surface area contributed by atoms with Crippen LogP contribution in [0.3, 0.4) is 0 Å². The van der Waals surface area contributed by atoms with Crippen molar-refractivity contribution in [2.75, 3.05) is 18.0 Å². The van der Waals surface area contributed by atoms with E-state index < -0.39 is 5.69 Å². The lowest BCUT2D eigenvalue weighted by Crippen LogP contribution is -2.37. The highest BCUT2D eigenvalue weighted by atomic mass is 79.9. The fourth-order valence-electron chi connectivity index (χ4n) is 3.74. The van der Waals surface area contributed by atoms with Crippen molar-refractivity contribution in [2.45, 2.75) is 25.9 Å². The predicted molar refractivity (Wildman–Crippen MR) is 117 cm³/mol. The molecule has 150 valence electrons. The monoisotopic (exact) mass is 456 g/mol.